The van der Waals surface area contributed by atoms with E-state index in [1.54, 1.807) is 4.57 Å². The van der Waals surface area contributed by atoms with Crippen LogP contribution in [0.2, 0.25) is 0 Å². The lowest BCUT2D eigenvalue weighted by molar-refractivity contribution is 0.281. The van der Waals surface area contributed by atoms with Crippen LogP contribution in [0.25, 0.3) is 11.2 Å². The third-order valence-electron chi connectivity index (χ3n) is 3.17. The molecule has 0 spiro atoms. The van der Waals surface area contributed by atoms with Crippen molar-refractivity contribution in [2.24, 2.45) is 0 Å². The first kappa shape index (κ1) is 15.3. The van der Waals surface area contributed by atoms with Crippen molar-refractivity contribution in [2.45, 2.75) is 13.2 Å². The zero-order valence-electron chi connectivity index (χ0n) is 11.1. The van der Waals surface area contributed by atoms with Crippen LogP contribution in [0, 0.1) is 6.08 Å². The van der Waals surface area contributed by atoms with Crippen molar-refractivity contribution >= 4 is 48.8 Å². The topological polar surface area (TPSA) is 89.9 Å². The van der Waals surface area contributed by atoms with Crippen LogP contribution in [0.4, 0.5) is 10.2 Å². The molecule has 0 saturated heterocycles. The van der Waals surface area contributed by atoms with Crippen LogP contribution >= 0.6 is 31.9 Å². The first-order valence-corrected chi connectivity index (χ1v) is 7.81. The third kappa shape index (κ3) is 2.71. The standard InChI is InChI=1S/C13H10Br2FN5O/c14-8-2-1-6(3-7(8)5-22)4-21-11-9(18-12(21)15)10(17)19-13(16)20-11/h1-3,22H,4-5H2,(H2,17,19,20). The molecule has 6 nitrogen and oxygen atoms in total. The molecule has 0 aliphatic carbocycles. The number of halogens is 3. The van der Waals surface area contributed by atoms with E-state index in [2.05, 4.69) is 46.8 Å². The highest BCUT2D eigenvalue weighted by atomic mass is 79.9. The number of nitrogen functional groups attached to an aromatic ring is 1. The normalized spacial score (nSPS) is 11.3. The Hall–Kier alpha value is -1.58. The van der Waals surface area contributed by atoms with Crippen molar-refractivity contribution in [3.63, 3.8) is 0 Å². The number of rotatable bonds is 3. The largest absolute Gasteiger partial charge is 0.392 e. The molecule has 3 rings (SSSR count). The number of aromatic nitrogens is 4. The summed E-state index contributed by atoms with van der Waals surface area (Å²) in [6.45, 7) is 0.317. The van der Waals surface area contributed by atoms with E-state index in [0.29, 0.717) is 22.4 Å². The van der Waals surface area contributed by atoms with Crippen LogP contribution in [-0.2, 0) is 13.2 Å². The molecule has 0 unspecified atom stereocenters. The molecule has 2 aromatic heterocycles. The van der Waals surface area contributed by atoms with Gasteiger partial charge in [-0.25, -0.2) is 4.98 Å². The molecule has 0 bridgehead atoms. The van der Waals surface area contributed by atoms with E-state index in [-0.39, 0.29) is 12.4 Å². The maximum absolute atomic E-state index is 13.4. The molecule has 1 aromatic carbocycles. The fraction of sp³-hybridized carbons (Fsp3) is 0.154. The Labute approximate surface area is 141 Å². The fourth-order valence-corrected chi connectivity index (χ4v) is 2.98. The van der Waals surface area contributed by atoms with Crippen LogP contribution in [0.5, 0.6) is 0 Å². The van der Waals surface area contributed by atoms with Crippen LogP contribution in [0.1, 0.15) is 11.1 Å². The monoisotopic (exact) mass is 429 g/mol. The second-order valence-corrected chi connectivity index (χ2v) is 6.16. The van der Waals surface area contributed by atoms with Gasteiger partial charge in [0.05, 0.1) is 13.2 Å². The van der Waals surface area contributed by atoms with E-state index < -0.39 is 6.08 Å². The van der Waals surface area contributed by atoms with Crippen LogP contribution < -0.4 is 5.73 Å². The number of imidazole rings is 1. The Bertz CT molecular complexity index is 867. The van der Waals surface area contributed by atoms with E-state index in [1.807, 2.05) is 18.2 Å². The summed E-state index contributed by atoms with van der Waals surface area (Å²) in [4.78, 5) is 11.4. The van der Waals surface area contributed by atoms with Gasteiger partial charge in [-0.1, -0.05) is 28.1 Å². The van der Waals surface area contributed by atoms with E-state index in [1.165, 1.54) is 0 Å². The molecule has 114 valence electrons. The number of aliphatic hydroxyl groups is 1. The highest BCUT2D eigenvalue weighted by Crippen LogP contribution is 2.25. The Kier molecular flexibility index (Phi) is 4.11. The highest BCUT2D eigenvalue weighted by molar-refractivity contribution is 9.10. The summed E-state index contributed by atoms with van der Waals surface area (Å²) >= 11 is 6.69. The third-order valence-corrected chi connectivity index (χ3v) is 4.55. The first-order valence-electron chi connectivity index (χ1n) is 6.22. The van der Waals surface area contributed by atoms with Crippen molar-refractivity contribution in [1.29, 1.82) is 0 Å². The molecule has 0 radical (unpaired) electrons. The van der Waals surface area contributed by atoms with Crippen molar-refractivity contribution < 1.29 is 9.50 Å². The summed E-state index contributed by atoms with van der Waals surface area (Å²) in [5.41, 5.74) is 7.99. The van der Waals surface area contributed by atoms with E-state index in [4.69, 9.17) is 5.73 Å². The van der Waals surface area contributed by atoms with Crippen molar-refractivity contribution in [2.75, 3.05) is 5.73 Å². The van der Waals surface area contributed by atoms with Gasteiger partial charge in [-0.3, -0.25) is 4.57 Å². The number of hydrogen-bond donors (Lipinski definition) is 2. The molecule has 3 aromatic rings. The molecule has 9 heteroatoms. The molecule has 0 amide bonds. The summed E-state index contributed by atoms with van der Waals surface area (Å²) < 4.78 is 16.4. The summed E-state index contributed by atoms with van der Waals surface area (Å²) in [5.74, 6) is -0.00574. The minimum absolute atomic E-state index is 0.00574. The lowest BCUT2D eigenvalue weighted by Crippen LogP contribution is -2.04. The maximum Gasteiger partial charge on any atom is 0.312 e. The molecule has 0 saturated carbocycles. The molecule has 0 aliphatic rings. The number of aliphatic hydroxyl groups excluding tert-OH is 1. The van der Waals surface area contributed by atoms with Crippen LogP contribution in [0.3, 0.4) is 0 Å². The van der Waals surface area contributed by atoms with E-state index >= 15 is 0 Å². The van der Waals surface area contributed by atoms with Gasteiger partial charge in [-0.2, -0.15) is 14.4 Å². The van der Waals surface area contributed by atoms with Crippen LogP contribution in [-0.4, -0.2) is 24.6 Å². The molecule has 2 heterocycles. The van der Waals surface area contributed by atoms with Gasteiger partial charge < -0.3 is 10.8 Å². The second-order valence-electron chi connectivity index (χ2n) is 4.60. The van der Waals surface area contributed by atoms with Gasteiger partial charge in [0.25, 0.3) is 0 Å². The van der Waals surface area contributed by atoms with Gasteiger partial charge in [-0.15, -0.1) is 0 Å². The van der Waals surface area contributed by atoms with Crippen LogP contribution in [0.15, 0.2) is 27.4 Å². The minimum Gasteiger partial charge on any atom is -0.392 e. The molecule has 0 fully saturated rings. The number of nitrogens with zero attached hydrogens (tertiary/aromatic N) is 4. The lowest BCUT2D eigenvalue weighted by atomic mass is 10.1. The zero-order chi connectivity index (χ0) is 15.9. The average molecular weight is 431 g/mol. The second kappa shape index (κ2) is 5.90. The van der Waals surface area contributed by atoms with Crippen molar-refractivity contribution in [1.82, 2.24) is 19.5 Å². The molecule has 3 N–H and O–H groups in total. The Morgan fingerprint density at radius 1 is 1.23 bits per heavy atom. The Morgan fingerprint density at radius 2 is 2.00 bits per heavy atom. The Balaban J connectivity index is 2.09. The Morgan fingerprint density at radius 3 is 2.73 bits per heavy atom. The summed E-state index contributed by atoms with van der Waals surface area (Å²) in [6.07, 6.45) is -0.898. The van der Waals surface area contributed by atoms with Gasteiger partial charge in [0.1, 0.15) is 0 Å². The zero-order valence-corrected chi connectivity index (χ0v) is 14.3. The molecule has 22 heavy (non-hydrogen) atoms. The number of hydrogen-bond acceptors (Lipinski definition) is 5. The van der Waals surface area contributed by atoms with E-state index in [0.717, 1.165) is 15.6 Å². The van der Waals surface area contributed by atoms with Gasteiger partial charge in [0.2, 0.25) is 0 Å². The predicted molar refractivity (Wildman–Crippen MR) is 86.6 cm³/mol. The number of benzene rings is 1. The number of nitrogens with two attached hydrogens (primary N) is 1. The summed E-state index contributed by atoms with van der Waals surface area (Å²) in [7, 11) is 0. The number of fused-ring (bicyclic) bond motifs is 1. The minimum atomic E-state index is -0.898. The quantitative estimate of drug-likeness (QED) is 0.492. The van der Waals surface area contributed by atoms with Gasteiger partial charge in [-0.05, 0) is 33.1 Å². The van der Waals surface area contributed by atoms with Gasteiger partial charge in [0.15, 0.2) is 21.7 Å². The number of anilines is 1. The lowest BCUT2D eigenvalue weighted by Gasteiger charge is -2.08. The van der Waals surface area contributed by atoms with Gasteiger partial charge in [0, 0.05) is 4.47 Å². The van der Waals surface area contributed by atoms with Crippen molar-refractivity contribution in [3.8, 4) is 0 Å². The van der Waals surface area contributed by atoms with Crippen molar-refractivity contribution in [3.05, 3.63) is 44.6 Å². The van der Waals surface area contributed by atoms with Gasteiger partial charge >= 0.3 is 6.08 Å². The highest BCUT2D eigenvalue weighted by Gasteiger charge is 2.15. The average Bonchev–Trinajstić information content (AvgIpc) is 2.78. The molecular weight excluding hydrogens is 421 g/mol. The SMILES string of the molecule is Nc1nc(F)nc2c1nc(Br)n2Cc1ccc(Br)c(CO)c1. The predicted octanol–water partition coefficient (Wildman–Crippen LogP) is 2.61. The molecular formula is C13H10Br2FN5O. The fourth-order valence-electron chi connectivity index (χ4n) is 2.14. The van der Waals surface area contributed by atoms with E-state index in [9.17, 15) is 9.50 Å². The maximum atomic E-state index is 13.4. The molecule has 0 aliphatic heterocycles. The molecule has 0 atom stereocenters. The first-order chi connectivity index (χ1) is 10.5. The summed E-state index contributed by atoms with van der Waals surface area (Å²) in [6, 6.07) is 5.59. The smallest absolute Gasteiger partial charge is 0.312 e. The summed E-state index contributed by atoms with van der Waals surface area (Å²) in [5, 5.41) is 9.32.